The Bertz CT molecular complexity index is 455. The van der Waals surface area contributed by atoms with E-state index in [0.717, 1.165) is 5.56 Å². The molecule has 0 spiro atoms. The lowest BCUT2D eigenvalue weighted by molar-refractivity contribution is -0.173. The second-order valence-corrected chi connectivity index (χ2v) is 3.88. The largest absolute Gasteiger partial charge is 0.471 e. The fourth-order valence-electron chi connectivity index (χ4n) is 1.26. The van der Waals surface area contributed by atoms with Crippen molar-refractivity contribution in [3.8, 4) is 0 Å². The van der Waals surface area contributed by atoms with E-state index in [2.05, 4.69) is 5.32 Å². The minimum Gasteiger partial charge on any atom is -0.350 e. The minimum atomic E-state index is -4.90. The van der Waals surface area contributed by atoms with Gasteiger partial charge in [-0.1, -0.05) is 17.7 Å². The third kappa shape index (κ3) is 4.99. The Kier molecular flexibility index (Phi) is 4.91. The summed E-state index contributed by atoms with van der Waals surface area (Å²) in [5.41, 5.74) is 1.40. The first-order valence-electron chi connectivity index (χ1n) is 5.50. The lowest BCUT2D eigenvalue weighted by Crippen LogP contribution is -2.41. The van der Waals surface area contributed by atoms with Crippen LogP contribution in [0.4, 0.5) is 13.2 Å². The number of carbonyl (C=O) groups excluding carboxylic acids is 2. The smallest absolute Gasteiger partial charge is 0.350 e. The third-order valence-corrected chi connectivity index (χ3v) is 2.27. The maximum absolute atomic E-state index is 11.8. The van der Waals surface area contributed by atoms with Gasteiger partial charge >= 0.3 is 12.1 Å². The molecule has 7 heteroatoms. The van der Waals surface area contributed by atoms with Gasteiger partial charge in [0.1, 0.15) is 0 Å². The molecule has 2 amide bonds. The van der Waals surface area contributed by atoms with Crippen LogP contribution in [0, 0.1) is 6.92 Å². The van der Waals surface area contributed by atoms with Gasteiger partial charge in [0.2, 0.25) is 0 Å². The van der Waals surface area contributed by atoms with E-state index in [4.69, 9.17) is 0 Å². The standard InChI is InChI=1S/C12H13F3N2O2/c1-8-2-4-9(5-3-8)10(18)16-6-7-17-11(19)12(13,14)15/h2-5H,6-7H2,1H3,(H,16,18)(H,17,19). The van der Waals surface area contributed by atoms with Gasteiger partial charge in [0, 0.05) is 18.7 Å². The molecule has 1 rings (SSSR count). The molecule has 0 fully saturated rings. The molecule has 104 valence electrons. The third-order valence-electron chi connectivity index (χ3n) is 2.27. The van der Waals surface area contributed by atoms with Crippen LogP contribution in [0.15, 0.2) is 24.3 Å². The number of carbonyl (C=O) groups is 2. The van der Waals surface area contributed by atoms with Crippen molar-refractivity contribution in [1.82, 2.24) is 10.6 Å². The predicted molar refractivity (Wildman–Crippen MR) is 62.6 cm³/mol. The molecular weight excluding hydrogens is 261 g/mol. The predicted octanol–water partition coefficient (Wildman–Crippen LogP) is 1.40. The van der Waals surface area contributed by atoms with E-state index < -0.39 is 18.0 Å². The topological polar surface area (TPSA) is 58.2 Å². The van der Waals surface area contributed by atoms with Gasteiger partial charge in [0.15, 0.2) is 0 Å². The van der Waals surface area contributed by atoms with Crippen molar-refractivity contribution >= 4 is 11.8 Å². The lowest BCUT2D eigenvalue weighted by Gasteiger charge is -2.08. The van der Waals surface area contributed by atoms with Crippen molar-refractivity contribution in [2.24, 2.45) is 0 Å². The van der Waals surface area contributed by atoms with Gasteiger partial charge in [-0.15, -0.1) is 0 Å². The number of nitrogens with one attached hydrogen (secondary N) is 2. The fourth-order valence-corrected chi connectivity index (χ4v) is 1.26. The summed E-state index contributed by atoms with van der Waals surface area (Å²) in [7, 11) is 0. The molecule has 4 nitrogen and oxygen atoms in total. The van der Waals surface area contributed by atoms with Gasteiger partial charge in [-0.2, -0.15) is 13.2 Å². The summed E-state index contributed by atoms with van der Waals surface area (Å²) in [4.78, 5) is 22.0. The van der Waals surface area contributed by atoms with Crippen molar-refractivity contribution in [1.29, 1.82) is 0 Å². The molecule has 1 aromatic rings. The number of aryl methyl sites for hydroxylation is 1. The summed E-state index contributed by atoms with van der Waals surface area (Å²) in [6.07, 6.45) is -4.90. The number of alkyl halides is 3. The zero-order chi connectivity index (χ0) is 14.5. The molecule has 0 radical (unpaired) electrons. The zero-order valence-corrected chi connectivity index (χ0v) is 10.2. The van der Waals surface area contributed by atoms with Crippen molar-refractivity contribution in [3.05, 3.63) is 35.4 Å². The molecule has 0 aliphatic rings. The van der Waals surface area contributed by atoms with Crippen LogP contribution < -0.4 is 10.6 Å². The maximum atomic E-state index is 11.8. The quantitative estimate of drug-likeness (QED) is 0.815. The van der Waals surface area contributed by atoms with E-state index in [1.54, 1.807) is 29.6 Å². The summed E-state index contributed by atoms with van der Waals surface area (Å²) in [5, 5.41) is 4.06. The average Bonchev–Trinajstić information content (AvgIpc) is 2.33. The van der Waals surface area contributed by atoms with Crippen molar-refractivity contribution < 1.29 is 22.8 Å². The Balaban J connectivity index is 2.32. The number of amides is 2. The van der Waals surface area contributed by atoms with Gasteiger partial charge in [-0.3, -0.25) is 9.59 Å². The first kappa shape index (κ1) is 15.0. The zero-order valence-electron chi connectivity index (χ0n) is 10.2. The molecule has 0 atom stereocenters. The second-order valence-electron chi connectivity index (χ2n) is 3.88. The van der Waals surface area contributed by atoms with Crippen LogP contribution in [0.3, 0.4) is 0 Å². The first-order chi connectivity index (χ1) is 8.80. The van der Waals surface area contributed by atoms with Crippen molar-refractivity contribution in [2.75, 3.05) is 13.1 Å². The molecule has 19 heavy (non-hydrogen) atoms. The monoisotopic (exact) mass is 274 g/mol. The number of halogens is 3. The Labute approximate surface area is 108 Å². The highest BCUT2D eigenvalue weighted by Gasteiger charge is 2.38. The Morgan fingerprint density at radius 3 is 2.11 bits per heavy atom. The van der Waals surface area contributed by atoms with Gasteiger partial charge in [0.05, 0.1) is 0 Å². The van der Waals surface area contributed by atoms with Gasteiger partial charge in [0.25, 0.3) is 5.91 Å². The molecule has 0 saturated heterocycles. The highest BCUT2D eigenvalue weighted by molar-refractivity contribution is 5.94. The van der Waals surface area contributed by atoms with Gasteiger partial charge in [-0.05, 0) is 19.1 Å². The van der Waals surface area contributed by atoms with Crippen molar-refractivity contribution in [3.63, 3.8) is 0 Å². The molecule has 0 heterocycles. The molecule has 2 N–H and O–H groups in total. The minimum absolute atomic E-state index is 0.0749. The number of hydrogen-bond donors (Lipinski definition) is 2. The summed E-state index contributed by atoms with van der Waals surface area (Å²) in [6.45, 7) is 1.51. The van der Waals surface area contributed by atoms with Crippen LogP contribution in [0.5, 0.6) is 0 Å². The van der Waals surface area contributed by atoms with E-state index in [1.165, 1.54) is 0 Å². The van der Waals surface area contributed by atoms with E-state index in [9.17, 15) is 22.8 Å². The van der Waals surface area contributed by atoms with E-state index >= 15 is 0 Å². The van der Waals surface area contributed by atoms with Crippen LogP contribution >= 0.6 is 0 Å². The number of benzene rings is 1. The molecule has 0 aliphatic carbocycles. The van der Waals surface area contributed by atoms with Crippen LogP contribution in [-0.4, -0.2) is 31.1 Å². The molecule has 0 unspecified atom stereocenters. The number of rotatable bonds is 4. The molecular formula is C12H13F3N2O2. The SMILES string of the molecule is Cc1ccc(C(=O)NCCNC(=O)C(F)(F)F)cc1. The normalized spacial score (nSPS) is 10.9. The summed E-state index contributed by atoms with van der Waals surface area (Å²) in [6, 6.07) is 6.72. The Morgan fingerprint density at radius 2 is 1.58 bits per heavy atom. The van der Waals surface area contributed by atoms with Crippen LogP contribution in [0.1, 0.15) is 15.9 Å². The Hall–Kier alpha value is -2.05. The van der Waals surface area contributed by atoms with E-state index in [0.29, 0.717) is 5.56 Å². The van der Waals surface area contributed by atoms with Gasteiger partial charge in [-0.25, -0.2) is 0 Å². The summed E-state index contributed by atoms with van der Waals surface area (Å²) in [5.74, 6) is -2.42. The summed E-state index contributed by atoms with van der Waals surface area (Å²) < 4.78 is 35.5. The molecule has 0 bridgehead atoms. The average molecular weight is 274 g/mol. The molecule has 0 aromatic heterocycles. The first-order valence-corrected chi connectivity index (χ1v) is 5.50. The Morgan fingerprint density at radius 1 is 1.05 bits per heavy atom. The highest BCUT2D eigenvalue weighted by atomic mass is 19.4. The van der Waals surface area contributed by atoms with Gasteiger partial charge < -0.3 is 10.6 Å². The summed E-state index contributed by atoms with van der Waals surface area (Å²) >= 11 is 0. The number of hydrogen-bond acceptors (Lipinski definition) is 2. The fraction of sp³-hybridized carbons (Fsp3) is 0.333. The second kappa shape index (κ2) is 6.21. The lowest BCUT2D eigenvalue weighted by atomic mass is 10.1. The van der Waals surface area contributed by atoms with Crippen LogP contribution in [0.2, 0.25) is 0 Å². The molecule has 0 aliphatic heterocycles. The maximum Gasteiger partial charge on any atom is 0.471 e. The molecule has 1 aromatic carbocycles. The van der Waals surface area contributed by atoms with Crippen LogP contribution in [0.25, 0.3) is 0 Å². The van der Waals surface area contributed by atoms with E-state index in [-0.39, 0.29) is 13.1 Å². The van der Waals surface area contributed by atoms with Crippen molar-refractivity contribution in [2.45, 2.75) is 13.1 Å². The van der Waals surface area contributed by atoms with Crippen LogP contribution in [-0.2, 0) is 4.79 Å². The molecule has 0 saturated carbocycles. The highest BCUT2D eigenvalue weighted by Crippen LogP contribution is 2.13. The van der Waals surface area contributed by atoms with E-state index in [1.807, 2.05) is 6.92 Å².